The van der Waals surface area contributed by atoms with E-state index in [4.69, 9.17) is 0 Å². The summed E-state index contributed by atoms with van der Waals surface area (Å²) in [5, 5.41) is 0. The Morgan fingerprint density at radius 3 is 2.14 bits per heavy atom. The first kappa shape index (κ1) is 6.55. The van der Waals surface area contributed by atoms with Gasteiger partial charge in [0, 0.05) is 21.2 Å². The molecule has 7 heavy (non-hydrogen) atoms. The fourth-order valence-corrected chi connectivity index (χ4v) is 6.16. The second-order valence-electron chi connectivity index (χ2n) is 2.01. The standard InChI is InChI=1S/C4H9IS2/c1-7(6-5)3-2-4-7/h2-4H2,1H3. The minimum atomic E-state index is -0.0735. The van der Waals surface area contributed by atoms with Gasteiger partial charge in [0.15, 0.2) is 0 Å². The highest BCUT2D eigenvalue weighted by Crippen LogP contribution is 2.66. The highest BCUT2D eigenvalue weighted by molar-refractivity contribution is 14.2. The number of hydrogen-bond acceptors (Lipinski definition) is 1. The molecule has 44 valence electrons. The normalized spacial score (nSPS) is 31.1. The molecule has 1 heterocycles. The molecule has 0 spiro atoms. The SMILES string of the molecule is CS1(SI)CCC1. The number of hydrogen-bond donors (Lipinski definition) is 0. The van der Waals surface area contributed by atoms with Gasteiger partial charge < -0.3 is 0 Å². The maximum absolute atomic E-state index is 2.44. The van der Waals surface area contributed by atoms with Gasteiger partial charge in [-0.1, -0.05) is 0 Å². The first-order valence-corrected chi connectivity index (χ1v) is 8.56. The van der Waals surface area contributed by atoms with Gasteiger partial charge in [-0.2, -0.15) is 9.06 Å². The molecule has 0 atom stereocenters. The summed E-state index contributed by atoms with van der Waals surface area (Å²) in [4.78, 5) is 0. The van der Waals surface area contributed by atoms with E-state index in [1.165, 1.54) is 17.9 Å². The third-order valence-electron chi connectivity index (χ3n) is 1.30. The highest BCUT2D eigenvalue weighted by Gasteiger charge is 2.25. The van der Waals surface area contributed by atoms with Gasteiger partial charge >= 0.3 is 0 Å². The van der Waals surface area contributed by atoms with E-state index >= 15 is 0 Å². The molecular formula is C4H9IS2. The Morgan fingerprint density at radius 1 is 1.57 bits per heavy atom. The van der Waals surface area contributed by atoms with Crippen molar-refractivity contribution in [2.75, 3.05) is 17.8 Å². The van der Waals surface area contributed by atoms with E-state index in [2.05, 4.69) is 35.4 Å². The second-order valence-corrected chi connectivity index (χ2v) is 11.3. The van der Waals surface area contributed by atoms with Gasteiger partial charge in [-0.05, 0) is 32.1 Å². The van der Waals surface area contributed by atoms with Crippen molar-refractivity contribution in [2.45, 2.75) is 6.42 Å². The summed E-state index contributed by atoms with van der Waals surface area (Å²) in [6, 6.07) is 0. The van der Waals surface area contributed by atoms with Gasteiger partial charge in [-0.3, -0.25) is 0 Å². The Morgan fingerprint density at radius 2 is 2.14 bits per heavy atom. The molecule has 3 heteroatoms. The average Bonchev–Trinajstić information content (AvgIpc) is 1.61. The van der Waals surface area contributed by atoms with Crippen molar-refractivity contribution in [1.82, 2.24) is 0 Å². The van der Waals surface area contributed by atoms with Crippen molar-refractivity contribution >= 4 is 38.2 Å². The van der Waals surface area contributed by atoms with Crippen molar-refractivity contribution in [3.05, 3.63) is 0 Å². The fourth-order valence-electron chi connectivity index (χ4n) is 0.614. The quantitative estimate of drug-likeness (QED) is 0.508. The van der Waals surface area contributed by atoms with Gasteiger partial charge in [0.1, 0.15) is 0 Å². The summed E-state index contributed by atoms with van der Waals surface area (Å²) in [5.74, 6) is 3.03. The van der Waals surface area contributed by atoms with Crippen LogP contribution in [0, 0.1) is 0 Å². The van der Waals surface area contributed by atoms with Gasteiger partial charge in [-0.15, -0.1) is 0 Å². The van der Waals surface area contributed by atoms with Crippen LogP contribution in [-0.2, 0) is 0 Å². The zero-order valence-electron chi connectivity index (χ0n) is 4.32. The van der Waals surface area contributed by atoms with E-state index in [-0.39, 0.29) is 9.06 Å². The minimum absolute atomic E-state index is 0.0735. The lowest BCUT2D eigenvalue weighted by Crippen LogP contribution is -2.14. The van der Waals surface area contributed by atoms with Crippen molar-refractivity contribution in [3.63, 3.8) is 0 Å². The van der Waals surface area contributed by atoms with Gasteiger partial charge in [0.25, 0.3) is 0 Å². The molecule has 0 aromatic heterocycles. The molecule has 0 aromatic rings. The average molecular weight is 248 g/mol. The Balaban J connectivity index is 2.29. The molecule has 1 aliphatic heterocycles. The van der Waals surface area contributed by atoms with Crippen LogP contribution in [-0.4, -0.2) is 17.8 Å². The summed E-state index contributed by atoms with van der Waals surface area (Å²) >= 11 is 2.44. The minimum Gasteiger partial charge on any atom is -0.186 e. The molecule has 0 N–H and O–H groups in total. The Hall–Kier alpha value is 1.43. The Kier molecular flexibility index (Phi) is 2.20. The molecule has 0 aromatic carbocycles. The lowest BCUT2D eigenvalue weighted by atomic mass is 10.5. The predicted octanol–water partition coefficient (Wildman–Crippen LogP) is 2.82. The molecule has 1 fully saturated rings. The van der Waals surface area contributed by atoms with E-state index < -0.39 is 0 Å². The molecule has 1 rings (SSSR count). The number of rotatable bonds is 1. The van der Waals surface area contributed by atoms with Crippen LogP contribution in [0.5, 0.6) is 0 Å². The van der Waals surface area contributed by atoms with Gasteiger partial charge in [-0.25, -0.2) is 0 Å². The molecule has 1 saturated heterocycles. The van der Waals surface area contributed by atoms with Crippen molar-refractivity contribution < 1.29 is 0 Å². The maximum atomic E-state index is 2.44. The molecule has 0 amide bonds. The lowest BCUT2D eigenvalue weighted by molar-refractivity contribution is 1.04. The third kappa shape index (κ3) is 1.42. The first-order valence-electron chi connectivity index (χ1n) is 2.31. The van der Waals surface area contributed by atoms with Gasteiger partial charge in [0.2, 0.25) is 0 Å². The van der Waals surface area contributed by atoms with E-state index in [1.54, 1.807) is 0 Å². The van der Waals surface area contributed by atoms with Crippen LogP contribution in [0.2, 0.25) is 0 Å². The number of halogens is 1. The first-order chi connectivity index (χ1) is 3.27. The summed E-state index contributed by atoms with van der Waals surface area (Å²) in [7, 11) is 1.99. The van der Waals surface area contributed by atoms with Crippen molar-refractivity contribution in [1.29, 1.82) is 0 Å². The van der Waals surface area contributed by atoms with E-state index in [9.17, 15) is 0 Å². The van der Waals surface area contributed by atoms with Crippen LogP contribution in [0.15, 0.2) is 0 Å². The third-order valence-corrected chi connectivity index (χ3v) is 13.6. The summed E-state index contributed by atoms with van der Waals surface area (Å²) in [6.45, 7) is 0. The smallest absolute Gasteiger partial charge is 0.00689 e. The highest BCUT2D eigenvalue weighted by atomic mass is 127. The maximum Gasteiger partial charge on any atom is 0.00689 e. The summed E-state index contributed by atoms with van der Waals surface area (Å²) in [5.41, 5.74) is 0. The van der Waals surface area contributed by atoms with Crippen LogP contribution in [0.4, 0.5) is 0 Å². The molecule has 0 nitrogen and oxygen atoms in total. The predicted molar refractivity (Wildman–Crippen MR) is 49.5 cm³/mol. The Bertz CT molecular complexity index is 64.6. The second kappa shape index (κ2) is 2.35. The van der Waals surface area contributed by atoms with E-state index in [1.807, 2.05) is 0 Å². The van der Waals surface area contributed by atoms with Crippen LogP contribution in [0.3, 0.4) is 0 Å². The van der Waals surface area contributed by atoms with E-state index in [0.717, 1.165) is 0 Å². The molecule has 0 aliphatic carbocycles. The summed E-state index contributed by atoms with van der Waals surface area (Å²) < 4.78 is 0. The molecule has 0 saturated carbocycles. The molecular weight excluding hydrogens is 239 g/mol. The molecule has 0 bridgehead atoms. The zero-order chi connectivity index (χ0) is 5.33. The fraction of sp³-hybridized carbons (Fsp3) is 1.00. The lowest BCUT2D eigenvalue weighted by Gasteiger charge is -2.41. The van der Waals surface area contributed by atoms with Crippen LogP contribution >= 0.6 is 38.2 Å². The van der Waals surface area contributed by atoms with Crippen LogP contribution in [0.25, 0.3) is 0 Å². The van der Waals surface area contributed by atoms with Gasteiger partial charge in [0.05, 0.1) is 0 Å². The largest absolute Gasteiger partial charge is 0.186 e. The van der Waals surface area contributed by atoms with E-state index in [0.29, 0.717) is 0 Å². The topological polar surface area (TPSA) is 0 Å². The monoisotopic (exact) mass is 248 g/mol. The molecule has 1 aliphatic rings. The zero-order valence-corrected chi connectivity index (χ0v) is 8.11. The Labute approximate surface area is 62.1 Å². The molecule has 0 unspecified atom stereocenters. The van der Waals surface area contributed by atoms with Crippen molar-refractivity contribution in [2.24, 2.45) is 0 Å². The summed E-state index contributed by atoms with van der Waals surface area (Å²) in [6.07, 6.45) is 3.91. The molecule has 0 radical (unpaired) electrons. The van der Waals surface area contributed by atoms with Crippen LogP contribution < -0.4 is 0 Å². The van der Waals surface area contributed by atoms with Crippen LogP contribution in [0.1, 0.15) is 6.42 Å². The van der Waals surface area contributed by atoms with Crippen molar-refractivity contribution in [3.8, 4) is 0 Å².